The van der Waals surface area contributed by atoms with Gasteiger partial charge in [0.15, 0.2) is 5.96 Å². The summed E-state index contributed by atoms with van der Waals surface area (Å²) in [4.78, 5) is 25.9. The third kappa shape index (κ3) is 4.68. The molecule has 0 bridgehead atoms. The van der Waals surface area contributed by atoms with Gasteiger partial charge < -0.3 is 22.1 Å². The largest absolute Gasteiger partial charge is 0.370 e. The number of amides is 1. The molecule has 2 atom stereocenters. The molecular formula is C20H29N7O. The van der Waals surface area contributed by atoms with Gasteiger partial charge in [0.05, 0.1) is 17.6 Å². The zero-order chi connectivity index (χ0) is 20.3. The van der Waals surface area contributed by atoms with E-state index >= 15 is 0 Å². The Hall–Kier alpha value is -2.90. The van der Waals surface area contributed by atoms with E-state index < -0.39 is 0 Å². The zero-order valence-corrected chi connectivity index (χ0v) is 16.7. The topological polar surface area (TPSA) is 131 Å². The average Bonchev–Trinajstić information content (AvgIpc) is 2.62. The molecule has 0 radical (unpaired) electrons. The van der Waals surface area contributed by atoms with Crippen LogP contribution in [0.15, 0.2) is 23.2 Å². The summed E-state index contributed by atoms with van der Waals surface area (Å²) in [7, 11) is 0. The number of aryl methyl sites for hydroxylation is 1. The van der Waals surface area contributed by atoms with Crippen LogP contribution in [-0.2, 0) is 0 Å². The fourth-order valence-corrected chi connectivity index (χ4v) is 3.58. The summed E-state index contributed by atoms with van der Waals surface area (Å²) >= 11 is 0. The quantitative estimate of drug-likeness (QED) is 0.462. The highest BCUT2D eigenvalue weighted by Gasteiger charge is 2.26. The molecule has 8 heteroatoms. The maximum Gasteiger partial charge on any atom is 0.289 e. The van der Waals surface area contributed by atoms with Gasteiger partial charge >= 0.3 is 0 Å². The molecule has 150 valence electrons. The number of aromatic nitrogens is 2. The molecule has 2 unspecified atom stereocenters. The minimum atomic E-state index is -0.287. The predicted molar refractivity (Wildman–Crippen MR) is 112 cm³/mol. The van der Waals surface area contributed by atoms with Crippen molar-refractivity contribution in [3.8, 4) is 0 Å². The fraction of sp³-hybridized carbons (Fsp3) is 0.500. The number of guanidine groups is 1. The molecule has 1 fully saturated rings. The molecule has 1 aliphatic rings. The number of nitrogens with two attached hydrogens (primary N) is 2. The van der Waals surface area contributed by atoms with E-state index in [0.29, 0.717) is 5.82 Å². The SMILES string of the molecule is Cc1ccc2nc(C(=O)NC(C)C)nc(NC3CCCCC3N=C(N)N)c2c1. The van der Waals surface area contributed by atoms with Crippen LogP contribution < -0.4 is 22.1 Å². The monoisotopic (exact) mass is 383 g/mol. The van der Waals surface area contributed by atoms with Gasteiger partial charge in [-0.05, 0) is 45.7 Å². The van der Waals surface area contributed by atoms with E-state index in [0.717, 1.165) is 42.1 Å². The second kappa shape index (κ2) is 8.41. The van der Waals surface area contributed by atoms with Crippen LogP contribution in [0.4, 0.5) is 5.82 Å². The zero-order valence-electron chi connectivity index (χ0n) is 16.7. The lowest BCUT2D eigenvalue weighted by Crippen LogP contribution is -2.39. The fourth-order valence-electron chi connectivity index (χ4n) is 3.58. The number of fused-ring (bicyclic) bond motifs is 1. The maximum atomic E-state index is 12.5. The molecule has 28 heavy (non-hydrogen) atoms. The van der Waals surface area contributed by atoms with Crippen molar-refractivity contribution in [1.29, 1.82) is 0 Å². The van der Waals surface area contributed by atoms with Crippen LogP contribution in [0.25, 0.3) is 10.9 Å². The molecule has 3 rings (SSSR count). The van der Waals surface area contributed by atoms with E-state index in [1.165, 1.54) is 0 Å². The van der Waals surface area contributed by atoms with Crippen LogP contribution in [0.1, 0.15) is 55.7 Å². The molecule has 1 aromatic heterocycles. The number of benzene rings is 1. The Morgan fingerprint density at radius 2 is 1.96 bits per heavy atom. The van der Waals surface area contributed by atoms with E-state index in [4.69, 9.17) is 11.5 Å². The summed E-state index contributed by atoms with van der Waals surface area (Å²) in [5.74, 6) is 0.607. The lowest BCUT2D eigenvalue weighted by Gasteiger charge is -2.30. The second-order valence-corrected chi connectivity index (χ2v) is 7.70. The van der Waals surface area contributed by atoms with Crippen LogP contribution >= 0.6 is 0 Å². The summed E-state index contributed by atoms with van der Waals surface area (Å²) in [5, 5.41) is 7.24. The third-order valence-electron chi connectivity index (χ3n) is 4.84. The van der Waals surface area contributed by atoms with Crippen LogP contribution in [0.2, 0.25) is 0 Å². The van der Waals surface area contributed by atoms with Crippen molar-refractivity contribution in [2.24, 2.45) is 16.5 Å². The van der Waals surface area contributed by atoms with Gasteiger partial charge in [0.2, 0.25) is 5.82 Å². The summed E-state index contributed by atoms with van der Waals surface area (Å²) < 4.78 is 0. The van der Waals surface area contributed by atoms with Gasteiger partial charge in [-0.1, -0.05) is 24.5 Å². The van der Waals surface area contributed by atoms with Gasteiger partial charge in [0, 0.05) is 11.4 Å². The summed E-state index contributed by atoms with van der Waals surface area (Å²) in [6.45, 7) is 5.83. The Labute approximate surface area is 165 Å². The smallest absolute Gasteiger partial charge is 0.289 e. The summed E-state index contributed by atoms with van der Waals surface area (Å²) in [6, 6.07) is 5.97. The van der Waals surface area contributed by atoms with E-state index in [9.17, 15) is 4.79 Å². The predicted octanol–water partition coefficient (Wildman–Crippen LogP) is 2.07. The molecule has 1 aromatic carbocycles. The van der Waals surface area contributed by atoms with Crippen molar-refractivity contribution < 1.29 is 4.79 Å². The van der Waals surface area contributed by atoms with Gasteiger partial charge in [-0.2, -0.15) is 0 Å². The Morgan fingerprint density at radius 1 is 1.21 bits per heavy atom. The van der Waals surface area contributed by atoms with E-state index in [-0.39, 0.29) is 35.8 Å². The molecule has 1 heterocycles. The number of nitrogens with one attached hydrogen (secondary N) is 2. The standard InChI is InChI=1S/C20H29N7O/c1-11(2)23-19(28)18-24-14-9-8-12(3)10-13(14)17(27-18)25-15-6-4-5-7-16(15)26-20(21)22/h8-11,15-16H,4-7H2,1-3H3,(H,23,28)(H4,21,22,26)(H,24,25,27). The van der Waals surface area contributed by atoms with Gasteiger partial charge in [0.1, 0.15) is 5.82 Å². The van der Waals surface area contributed by atoms with E-state index in [1.807, 2.05) is 39.0 Å². The molecule has 6 N–H and O–H groups in total. The van der Waals surface area contributed by atoms with Gasteiger partial charge in [-0.15, -0.1) is 0 Å². The third-order valence-corrected chi connectivity index (χ3v) is 4.84. The molecule has 0 spiro atoms. The molecule has 0 saturated heterocycles. The highest BCUT2D eigenvalue weighted by molar-refractivity contribution is 5.96. The normalized spacial score (nSPS) is 19.4. The summed E-state index contributed by atoms with van der Waals surface area (Å²) in [5.41, 5.74) is 13.1. The first-order valence-corrected chi connectivity index (χ1v) is 9.78. The number of aliphatic imine (C=N–C) groups is 1. The maximum absolute atomic E-state index is 12.5. The minimum Gasteiger partial charge on any atom is -0.370 e. The van der Waals surface area contributed by atoms with Crippen LogP contribution in [0.3, 0.4) is 0 Å². The molecule has 1 aliphatic carbocycles. The number of hydrogen-bond donors (Lipinski definition) is 4. The van der Waals surface area contributed by atoms with Gasteiger partial charge in [-0.25, -0.2) is 15.0 Å². The molecule has 1 saturated carbocycles. The first kappa shape index (κ1) is 19.9. The number of carbonyl (C=O) groups is 1. The van der Waals surface area contributed by atoms with Crippen molar-refractivity contribution in [3.63, 3.8) is 0 Å². The first-order valence-electron chi connectivity index (χ1n) is 9.78. The lowest BCUT2D eigenvalue weighted by molar-refractivity contribution is 0.0933. The molecule has 1 amide bonds. The Balaban J connectivity index is 2.00. The van der Waals surface area contributed by atoms with Crippen molar-refractivity contribution in [1.82, 2.24) is 15.3 Å². The number of carbonyl (C=O) groups excluding carboxylic acids is 1. The molecule has 0 aliphatic heterocycles. The van der Waals surface area contributed by atoms with Gasteiger partial charge in [0.25, 0.3) is 5.91 Å². The van der Waals surface area contributed by atoms with Crippen molar-refractivity contribution in [2.45, 2.75) is 64.6 Å². The highest BCUT2D eigenvalue weighted by atomic mass is 16.2. The molecular weight excluding hydrogens is 354 g/mol. The van der Waals surface area contributed by atoms with Crippen molar-refractivity contribution in [2.75, 3.05) is 5.32 Å². The van der Waals surface area contributed by atoms with Crippen molar-refractivity contribution >= 4 is 28.6 Å². The Morgan fingerprint density at radius 3 is 2.68 bits per heavy atom. The van der Waals surface area contributed by atoms with Gasteiger partial charge in [-0.3, -0.25) is 4.79 Å². The van der Waals surface area contributed by atoms with Crippen LogP contribution in [0, 0.1) is 6.92 Å². The molecule has 8 nitrogen and oxygen atoms in total. The number of anilines is 1. The lowest BCUT2D eigenvalue weighted by atomic mass is 9.90. The van der Waals surface area contributed by atoms with Crippen molar-refractivity contribution in [3.05, 3.63) is 29.6 Å². The Bertz CT molecular complexity index is 889. The minimum absolute atomic E-state index is 0.00538. The highest BCUT2D eigenvalue weighted by Crippen LogP contribution is 2.28. The van der Waals surface area contributed by atoms with E-state index in [1.54, 1.807) is 0 Å². The van der Waals surface area contributed by atoms with E-state index in [2.05, 4.69) is 25.6 Å². The summed E-state index contributed by atoms with van der Waals surface area (Å²) in [6.07, 6.45) is 4.03. The number of nitrogens with zero attached hydrogens (tertiary/aromatic N) is 3. The molecule has 2 aromatic rings. The van der Waals surface area contributed by atoms with Crippen LogP contribution in [0.5, 0.6) is 0 Å². The second-order valence-electron chi connectivity index (χ2n) is 7.70. The Kier molecular flexibility index (Phi) is 5.96. The average molecular weight is 384 g/mol. The van der Waals surface area contributed by atoms with Crippen LogP contribution in [-0.4, -0.2) is 40.0 Å². The number of hydrogen-bond acceptors (Lipinski definition) is 5. The number of rotatable bonds is 5. The first-order chi connectivity index (χ1) is 13.3.